The molecular weight excluding hydrogens is 168 g/mol. The first-order chi connectivity index (χ1) is 6.29. The van der Waals surface area contributed by atoms with E-state index in [0.29, 0.717) is 5.41 Å². The Labute approximate surface area is 90.5 Å². The summed E-state index contributed by atoms with van der Waals surface area (Å²) in [6.07, 6.45) is 4.30. The van der Waals surface area contributed by atoms with Gasteiger partial charge in [0.1, 0.15) is 0 Å². The van der Waals surface area contributed by atoms with Crippen LogP contribution in [0.4, 0.5) is 0 Å². The molecule has 1 aliphatic rings. The van der Waals surface area contributed by atoms with Crippen molar-refractivity contribution in [1.29, 1.82) is 0 Å². The van der Waals surface area contributed by atoms with E-state index in [9.17, 15) is 0 Å². The Balaban J connectivity index is 2.58. The zero-order valence-corrected chi connectivity index (χ0v) is 10.9. The Morgan fingerprint density at radius 2 is 1.36 bits per heavy atom. The Kier molecular flexibility index (Phi) is 3.66. The van der Waals surface area contributed by atoms with Gasteiger partial charge < -0.3 is 0 Å². The average molecular weight is 196 g/mol. The van der Waals surface area contributed by atoms with Gasteiger partial charge in [0.15, 0.2) is 0 Å². The topological polar surface area (TPSA) is 0 Å². The van der Waals surface area contributed by atoms with Crippen molar-refractivity contribution in [3.05, 3.63) is 0 Å². The van der Waals surface area contributed by atoms with Crippen molar-refractivity contribution in [2.75, 3.05) is 0 Å². The molecule has 0 amide bonds. The SMILES string of the molecule is CC1CC(C)C(CC(C)(C)C)C(C)C1. The van der Waals surface area contributed by atoms with Crippen molar-refractivity contribution in [3.8, 4) is 0 Å². The minimum Gasteiger partial charge on any atom is -0.0625 e. The highest BCUT2D eigenvalue weighted by Gasteiger charge is 2.33. The third kappa shape index (κ3) is 3.29. The second-order valence-corrected chi connectivity index (χ2v) is 6.96. The summed E-state index contributed by atoms with van der Waals surface area (Å²) in [4.78, 5) is 0. The monoisotopic (exact) mass is 196 g/mol. The van der Waals surface area contributed by atoms with Gasteiger partial charge in [-0.15, -0.1) is 0 Å². The van der Waals surface area contributed by atoms with Gasteiger partial charge in [0, 0.05) is 0 Å². The first kappa shape index (κ1) is 12.1. The molecule has 1 aliphatic carbocycles. The summed E-state index contributed by atoms with van der Waals surface area (Å²) >= 11 is 0. The van der Waals surface area contributed by atoms with Gasteiger partial charge in [-0.1, -0.05) is 41.5 Å². The molecule has 0 aromatic carbocycles. The molecule has 0 bridgehead atoms. The van der Waals surface area contributed by atoms with Crippen molar-refractivity contribution in [2.24, 2.45) is 29.1 Å². The lowest BCUT2D eigenvalue weighted by molar-refractivity contribution is 0.0942. The molecule has 1 fully saturated rings. The van der Waals surface area contributed by atoms with Gasteiger partial charge in [0.05, 0.1) is 0 Å². The summed E-state index contributed by atoms with van der Waals surface area (Å²) in [6, 6.07) is 0. The predicted octanol–water partition coefficient (Wildman–Crippen LogP) is 4.74. The Bertz CT molecular complexity index is 163. The first-order valence-corrected chi connectivity index (χ1v) is 6.29. The van der Waals surface area contributed by atoms with Gasteiger partial charge >= 0.3 is 0 Å². The van der Waals surface area contributed by atoms with E-state index in [-0.39, 0.29) is 0 Å². The third-order valence-corrected chi connectivity index (χ3v) is 3.86. The van der Waals surface area contributed by atoms with Crippen molar-refractivity contribution in [2.45, 2.75) is 60.8 Å². The molecule has 0 saturated heterocycles. The van der Waals surface area contributed by atoms with Crippen LogP contribution in [0.2, 0.25) is 0 Å². The van der Waals surface area contributed by atoms with Crippen molar-refractivity contribution in [1.82, 2.24) is 0 Å². The van der Waals surface area contributed by atoms with Crippen LogP contribution < -0.4 is 0 Å². The average Bonchev–Trinajstić information content (AvgIpc) is 1.95. The molecule has 14 heavy (non-hydrogen) atoms. The second kappa shape index (κ2) is 4.24. The molecule has 0 radical (unpaired) electrons. The van der Waals surface area contributed by atoms with Crippen LogP contribution in [0.5, 0.6) is 0 Å². The van der Waals surface area contributed by atoms with E-state index in [1.165, 1.54) is 19.3 Å². The first-order valence-electron chi connectivity index (χ1n) is 6.29. The Hall–Kier alpha value is 0. The van der Waals surface area contributed by atoms with Gasteiger partial charge in [-0.2, -0.15) is 0 Å². The Morgan fingerprint density at radius 3 is 1.71 bits per heavy atom. The molecule has 2 atom stereocenters. The van der Waals surface area contributed by atoms with E-state index in [0.717, 1.165) is 23.7 Å². The van der Waals surface area contributed by atoms with Crippen LogP contribution in [0, 0.1) is 29.1 Å². The zero-order valence-electron chi connectivity index (χ0n) is 10.9. The molecule has 1 saturated carbocycles. The van der Waals surface area contributed by atoms with Gasteiger partial charge in [-0.3, -0.25) is 0 Å². The standard InChI is InChI=1S/C14H28/c1-10-7-11(2)13(12(3)8-10)9-14(4,5)6/h10-13H,7-9H2,1-6H3. The molecule has 1 rings (SSSR count). The molecule has 0 aromatic heterocycles. The van der Waals surface area contributed by atoms with Crippen molar-refractivity contribution >= 4 is 0 Å². The third-order valence-electron chi connectivity index (χ3n) is 3.86. The minimum atomic E-state index is 0.508. The van der Waals surface area contributed by atoms with E-state index in [1.807, 2.05) is 0 Å². The lowest BCUT2D eigenvalue weighted by atomic mass is 9.65. The van der Waals surface area contributed by atoms with Crippen molar-refractivity contribution in [3.63, 3.8) is 0 Å². The fraction of sp³-hybridized carbons (Fsp3) is 1.00. The normalized spacial score (nSPS) is 39.9. The van der Waals surface area contributed by atoms with Crippen LogP contribution in [0.1, 0.15) is 60.8 Å². The largest absolute Gasteiger partial charge is 0.0625 e. The summed E-state index contributed by atoms with van der Waals surface area (Å²) in [7, 11) is 0. The predicted molar refractivity (Wildman–Crippen MR) is 64.3 cm³/mol. The number of rotatable bonds is 1. The molecule has 0 aliphatic heterocycles. The van der Waals surface area contributed by atoms with Gasteiger partial charge in [-0.25, -0.2) is 0 Å². The van der Waals surface area contributed by atoms with Crippen LogP contribution in [-0.4, -0.2) is 0 Å². The highest BCUT2D eigenvalue weighted by atomic mass is 14.4. The molecule has 0 heteroatoms. The van der Waals surface area contributed by atoms with Crippen LogP contribution in [0.3, 0.4) is 0 Å². The van der Waals surface area contributed by atoms with Gasteiger partial charge in [0.25, 0.3) is 0 Å². The highest BCUT2D eigenvalue weighted by molar-refractivity contribution is 4.83. The highest BCUT2D eigenvalue weighted by Crippen LogP contribution is 2.43. The molecule has 84 valence electrons. The zero-order chi connectivity index (χ0) is 10.9. The van der Waals surface area contributed by atoms with Crippen LogP contribution in [0.25, 0.3) is 0 Å². The van der Waals surface area contributed by atoms with E-state index in [4.69, 9.17) is 0 Å². The summed E-state index contributed by atoms with van der Waals surface area (Å²) < 4.78 is 0. The lowest BCUT2D eigenvalue weighted by Crippen LogP contribution is -2.31. The lowest BCUT2D eigenvalue weighted by Gasteiger charge is -2.41. The maximum atomic E-state index is 2.46. The van der Waals surface area contributed by atoms with Crippen LogP contribution >= 0.6 is 0 Å². The molecule has 0 N–H and O–H groups in total. The quantitative estimate of drug-likeness (QED) is 0.568. The van der Waals surface area contributed by atoms with Crippen LogP contribution in [-0.2, 0) is 0 Å². The second-order valence-electron chi connectivity index (χ2n) is 6.96. The summed E-state index contributed by atoms with van der Waals surface area (Å²) in [5, 5.41) is 0. The Morgan fingerprint density at radius 1 is 0.929 bits per heavy atom. The fourth-order valence-corrected chi connectivity index (χ4v) is 3.39. The summed E-state index contributed by atoms with van der Waals surface area (Å²) in [6.45, 7) is 14.5. The molecular formula is C14H28. The molecule has 0 nitrogen and oxygen atoms in total. The maximum Gasteiger partial charge on any atom is -0.0358 e. The van der Waals surface area contributed by atoms with Gasteiger partial charge in [-0.05, 0) is 48.3 Å². The van der Waals surface area contributed by atoms with E-state index < -0.39 is 0 Å². The molecule has 0 aromatic rings. The van der Waals surface area contributed by atoms with Gasteiger partial charge in [0.2, 0.25) is 0 Å². The number of hydrogen-bond acceptors (Lipinski definition) is 0. The van der Waals surface area contributed by atoms with E-state index in [2.05, 4.69) is 41.5 Å². The maximum absolute atomic E-state index is 2.46. The molecule has 0 heterocycles. The van der Waals surface area contributed by atoms with Crippen LogP contribution in [0.15, 0.2) is 0 Å². The fourth-order valence-electron chi connectivity index (χ4n) is 3.39. The summed E-state index contributed by atoms with van der Waals surface area (Å²) in [5.74, 6) is 3.79. The minimum absolute atomic E-state index is 0.508. The summed E-state index contributed by atoms with van der Waals surface area (Å²) in [5.41, 5.74) is 0.508. The van der Waals surface area contributed by atoms with Crippen molar-refractivity contribution < 1.29 is 0 Å². The van der Waals surface area contributed by atoms with E-state index in [1.54, 1.807) is 0 Å². The smallest absolute Gasteiger partial charge is 0.0358 e. The number of hydrogen-bond donors (Lipinski definition) is 0. The van der Waals surface area contributed by atoms with E-state index >= 15 is 0 Å². The molecule has 0 spiro atoms. The molecule has 2 unspecified atom stereocenters.